The Bertz CT molecular complexity index is 639. The zero-order valence-electron chi connectivity index (χ0n) is 11.2. The SMILES string of the molecule is OC1CCCN(Cc2nc3cc(C(F)(F)F)ccc3o2)C1. The van der Waals surface area contributed by atoms with Gasteiger partial charge in [0.05, 0.1) is 18.2 Å². The monoisotopic (exact) mass is 300 g/mol. The van der Waals surface area contributed by atoms with Gasteiger partial charge in [-0.05, 0) is 37.6 Å². The van der Waals surface area contributed by atoms with E-state index in [9.17, 15) is 18.3 Å². The first-order valence-corrected chi connectivity index (χ1v) is 6.79. The van der Waals surface area contributed by atoms with Crippen LogP contribution in [0.5, 0.6) is 0 Å². The highest BCUT2D eigenvalue weighted by Gasteiger charge is 2.31. The van der Waals surface area contributed by atoms with Crippen LogP contribution in [0, 0.1) is 0 Å². The van der Waals surface area contributed by atoms with Gasteiger partial charge in [-0.2, -0.15) is 13.2 Å². The van der Waals surface area contributed by atoms with Crippen LogP contribution in [0.25, 0.3) is 11.1 Å². The molecule has 1 atom stereocenters. The van der Waals surface area contributed by atoms with Crippen molar-refractivity contribution in [3.63, 3.8) is 0 Å². The molecule has 0 spiro atoms. The average molecular weight is 300 g/mol. The maximum absolute atomic E-state index is 12.6. The van der Waals surface area contributed by atoms with Crippen molar-refractivity contribution in [1.29, 1.82) is 0 Å². The third kappa shape index (κ3) is 3.19. The molecule has 1 saturated heterocycles. The second-order valence-electron chi connectivity index (χ2n) is 5.32. The molecule has 0 amide bonds. The number of alkyl halides is 3. The molecular formula is C14H15F3N2O2. The number of aromatic nitrogens is 1. The summed E-state index contributed by atoms with van der Waals surface area (Å²) in [5, 5.41) is 9.61. The quantitative estimate of drug-likeness (QED) is 0.926. The van der Waals surface area contributed by atoms with Crippen LogP contribution >= 0.6 is 0 Å². The third-order valence-electron chi connectivity index (χ3n) is 3.60. The predicted molar refractivity (Wildman–Crippen MR) is 69.5 cm³/mol. The first-order chi connectivity index (χ1) is 9.91. The summed E-state index contributed by atoms with van der Waals surface area (Å²) in [6.45, 7) is 1.75. The van der Waals surface area contributed by atoms with E-state index < -0.39 is 11.7 Å². The minimum absolute atomic E-state index is 0.206. The van der Waals surface area contributed by atoms with Crippen LogP contribution < -0.4 is 0 Å². The van der Waals surface area contributed by atoms with Crippen LogP contribution in [0.15, 0.2) is 22.6 Å². The molecule has 2 heterocycles. The molecule has 1 aromatic carbocycles. The second-order valence-corrected chi connectivity index (χ2v) is 5.32. The number of hydrogen-bond acceptors (Lipinski definition) is 4. The number of fused-ring (bicyclic) bond motifs is 1. The van der Waals surface area contributed by atoms with E-state index in [0.717, 1.165) is 31.5 Å². The average Bonchev–Trinajstić information content (AvgIpc) is 2.78. The summed E-state index contributed by atoms with van der Waals surface area (Å²) in [5.74, 6) is 0.374. The Kier molecular flexibility index (Phi) is 3.62. The molecular weight excluding hydrogens is 285 g/mol. The summed E-state index contributed by atoms with van der Waals surface area (Å²) in [6, 6.07) is 3.27. The maximum atomic E-state index is 12.6. The molecule has 4 nitrogen and oxygen atoms in total. The minimum Gasteiger partial charge on any atom is -0.439 e. The van der Waals surface area contributed by atoms with Gasteiger partial charge in [0.25, 0.3) is 0 Å². The lowest BCUT2D eigenvalue weighted by atomic mass is 10.1. The summed E-state index contributed by atoms with van der Waals surface area (Å²) in [6.07, 6.45) is -3.08. The highest BCUT2D eigenvalue weighted by Crippen LogP contribution is 2.31. The van der Waals surface area contributed by atoms with Gasteiger partial charge in [0.2, 0.25) is 5.89 Å². The summed E-state index contributed by atoms with van der Waals surface area (Å²) in [7, 11) is 0. The van der Waals surface area contributed by atoms with E-state index in [-0.39, 0.29) is 11.6 Å². The number of aliphatic hydroxyl groups excluding tert-OH is 1. The van der Waals surface area contributed by atoms with Crippen molar-refractivity contribution in [2.45, 2.75) is 31.7 Å². The predicted octanol–water partition coefficient (Wildman–Crippen LogP) is 2.80. The van der Waals surface area contributed by atoms with Crippen molar-refractivity contribution >= 4 is 11.1 Å². The van der Waals surface area contributed by atoms with E-state index in [2.05, 4.69) is 4.98 Å². The van der Waals surface area contributed by atoms with Crippen LogP contribution in [0.2, 0.25) is 0 Å². The number of halogens is 3. The van der Waals surface area contributed by atoms with Crippen LogP contribution in [0.4, 0.5) is 13.2 Å². The van der Waals surface area contributed by atoms with E-state index >= 15 is 0 Å². The summed E-state index contributed by atoms with van der Waals surface area (Å²) in [5.41, 5.74) is -0.184. The topological polar surface area (TPSA) is 49.5 Å². The van der Waals surface area contributed by atoms with Crippen molar-refractivity contribution in [3.05, 3.63) is 29.7 Å². The molecule has 1 aliphatic rings. The number of aliphatic hydroxyl groups is 1. The summed E-state index contributed by atoms with van der Waals surface area (Å²) in [4.78, 5) is 6.11. The number of rotatable bonds is 2. The van der Waals surface area contributed by atoms with Crippen molar-refractivity contribution in [2.24, 2.45) is 0 Å². The molecule has 0 saturated carbocycles. The lowest BCUT2D eigenvalue weighted by Crippen LogP contribution is -2.37. The number of benzene rings is 1. The smallest absolute Gasteiger partial charge is 0.416 e. The molecule has 0 aliphatic carbocycles. The summed E-state index contributed by atoms with van der Waals surface area (Å²) < 4.78 is 43.4. The lowest BCUT2D eigenvalue weighted by molar-refractivity contribution is -0.137. The molecule has 7 heteroatoms. The summed E-state index contributed by atoms with van der Waals surface area (Å²) >= 11 is 0. The Morgan fingerprint density at radius 1 is 1.38 bits per heavy atom. The molecule has 21 heavy (non-hydrogen) atoms. The van der Waals surface area contributed by atoms with Gasteiger partial charge >= 0.3 is 6.18 Å². The lowest BCUT2D eigenvalue weighted by Gasteiger charge is -2.28. The Morgan fingerprint density at radius 2 is 2.19 bits per heavy atom. The number of piperidine rings is 1. The van der Waals surface area contributed by atoms with E-state index in [1.54, 1.807) is 0 Å². The van der Waals surface area contributed by atoms with E-state index in [1.165, 1.54) is 6.07 Å². The van der Waals surface area contributed by atoms with Gasteiger partial charge in [-0.3, -0.25) is 4.90 Å². The first-order valence-electron chi connectivity index (χ1n) is 6.79. The van der Waals surface area contributed by atoms with E-state index in [0.29, 0.717) is 24.6 Å². The van der Waals surface area contributed by atoms with Gasteiger partial charge in [-0.1, -0.05) is 0 Å². The van der Waals surface area contributed by atoms with Crippen molar-refractivity contribution in [2.75, 3.05) is 13.1 Å². The van der Waals surface area contributed by atoms with E-state index in [4.69, 9.17) is 4.42 Å². The fraction of sp³-hybridized carbons (Fsp3) is 0.500. The molecule has 2 aromatic rings. The van der Waals surface area contributed by atoms with Crippen LogP contribution in [-0.2, 0) is 12.7 Å². The van der Waals surface area contributed by atoms with Crippen LogP contribution in [-0.4, -0.2) is 34.2 Å². The molecule has 1 N–H and O–H groups in total. The maximum Gasteiger partial charge on any atom is 0.416 e. The molecule has 1 fully saturated rings. The van der Waals surface area contributed by atoms with Gasteiger partial charge < -0.3 is 9.52 Å². The van der Waals surface area contributed by atoms with E-state index in [1.807, 2.05) is 4.90 Å². The zero-order valence-corrected chi connectivity index (χ0v) is 11.2. The zero-order chi connectivity index (χ0) is 15.0. The molecule has 114 valence electrons. The Hall–Kier alpha value is -1.60. The third-order valence-corrected chi connectivity index (χ3v) is 3.60. The molecule has 1 aliphatic heterocycles. The largest absolute Gasteiger partial charge is 0.439 e. The minimum atomic E-state index is -4.38. The van der Waals surface area contributed by atoms with Crippen LogP contribution in [0.1, 0.15) is 24.3 Å². The number of β-amino-alcohol motifs (C(OH)–C–C–N with tert-alkyl or cyclic N) is 1. The number of nitrogens with zero attached hydrogens (tertiary/aromatic N) is 2. The Morgan fingerprint density at radius 3 is 2.90 bits per heavy atom. The second kappa shape index (κ2) is 5.31. The van der Waals surface area contributed by atoms with Gasteiger partial charge in [0.15, 0.2) is 5.58 Å². The van der Waals surface area contributed by atoms with Crippen molar-refractivity contribution < 1.29 is 22.7 Å². The Balaban J connectivity index is 1.81. The van der Waals surface area contributed by atoms with Gasteiger partial charge in [0, 0.05) is 6.54 Å². The van der Waals surface area contributed by atoms with Crippen molar-refractivity contribution in [1.82, 2.24) is 9.88 Å². The van der Waals surface area contributed by atoms with Crippen molar-refractivity contribution in [3.8, 4) is 0 Å². The van der Waals surface area contributed by atoms with Gasteiger partial charge in [-0.25, -0.2) is 4.98 Å². The standard InChI is InChI=1S/C14H15F3N2O2/c15-14(16,17)9-3-4-12-11(6-9)18-13(21-12)8-19-5-1-2-10(20)7-19/h3-4,6,10,20H,1-2,5,7-8H2. The molecule has 0 bridgehead atoms. The normalized spacial score (nSPS) is 21.0. The number of oxazole rings is 1. The first kappa shape index (κ1) is 14.3. The fourth-order valence-corrected chi connectivity index (χ4v) is 2.59. The van der Waals surface area contributed by atoms with Gasteiger partial charge in [0.1, 0.15) is 5.52 Å². The number of likely N-dealkylation sites (tertiary alicyclic amines) is 1. The number of hydrogen-bond donors (Lipinski definition) is 1. The molecule has 1 aromatic heterocycles. The Labute approximate surface area is 119 Å². The molecule has 1 unspecified atom stereocenters. The highest BCUT2D eigenvalue weighted by molar-refractivity contribution is 5.73. The fourth-order valence-electron chi connectivity index (χ4n) is 2.59. The highest BCUT2D eigenvalue weighted by atomic mass is 19.4. The van der Waals surface area contributed by atoms with Crippen LogP contribution in [0.3, 0.4) is 0 Å². The van der Waals surface area contributed by atoms with Gasteiger partial charge in [-0.15, -0.1) is 0 Å². The molecule has 0 radical (unpaired) electrons. The molecule has 3 rings (SSSR count).